The fourth-order valence-electron chi connectivity index (χ4n) is 2.81. The molecule has 1 N–H and O–H groups in total. The Labute approximate surface area is 154 Å². The van der Waals surface area contributed by atoms with E-state index < -0.39 is 11.6 Å². The molecule has 0 aromatic heterocycles. The molecule has 0 atom stereocenters. The maximum Gasteiger partial charge on any atom is 0.410 e. The zero-order valence-corrected chi connectivity index (χ0v) is 15.9. The van der Waals surface area contributed by atoms with Gasteiger partial charge in [-0.15, -0.1) is 0 Å². The van der Waals surface area contributed by atoms with Crippen molar-refractivity contribution in [3.63, 3.8) is 0 Å². The van der Waals surface area contributed by atoms with E-state index in [9.17, 15) is 9.59 Å². The van der Waals surface area contributed by atoms with Crippen LogP contribution in [0.25, 0.3) is 5.57 Å². The lowest BCUT2D eigenvalue weighted by molar-refractivity contribution is -0.136. The quantitative estimate of drug-likeness (QED) is 0.865. The molecule has 6 nitrogen and oxygen atoms in total. The van der Waals surface area contributed by atoms with Gasteiger partial charge >= 0.3 is 12.1 Å². The molecule has 142 valence electrons. The first-order valence-corrected chi connectivity index (χ1v) is 8.75. The molecular weight excluding hydrogens is 334 g/mol. The SMILES string of the molecule is COc1cc(CCC(=O)O)ccc1C1=CCN(C(=O)OC(C)(C)C)CC1. The van der Waals surface area contributed by atoms with Gasteiger partial charge in [0.2, 0.25) is 0 Å². The number of amides is 1. The molecule has 6 heteroatoms. The summed E-state index contributed by atoms with van der Waals surface area (Å²) >= 11 is 0. The molecule has 0 bridgehead atoms. The summed E-state index contributed by atoms with van der Waals surface area (Å²) < 4.78 is 10.9. The number of aliphatic carboxylic acids is 1. The van der Waals surface area contributed by atoms with Gasteiger partial charge < -0.3 is 19.5 Å². The Morgan fingerprint density at radius 3 is 2.54 bits per heavy atom. The molecule has 1 heterocycles. The first kappa shape index (κ1) is 19.8. The molecule has 0 unspecified atom stereocenters. The normalized spacial score (nSPS) is 14.6. The summed E-state index contributed by atoms with van der Waals surface area (Å²) in [5.74, 6) is -0.0878. The van der Waals surface area contributed by atoms with E-state index in [2.05, 4.69) is 0 Å². The Morgan fingerprint density at radius 1 is 1.27 bits per heavy atom. The van der Waals surface area contributed by atoms with E-state index in [1.807, 2.05) is 45.0 Å². The van der Waals surface area contributed by atoms with Crippen LogP contribution in [0.1, 0.15) is 44.7 Å². The molecule has 1 aliphatic rings. The topological polar surface area (TPSA) is 76.1 Å². The highest BCUT2D eigenvalue weighted by atomic mass is 16.6. The van der Waals surface area contributed by atoms with Crippen LogP contribution in [0.2, 0.25) is 0 Å². The fraction of sp³-hybridized carbons (Fsp3) is 0.500. The van der Waals surface area contributed by atoms with E-state index in [-0.39, 0.29) is 12.5 Å². The van der Waals surface area contributed by atoms with Crippen molar-refractivity contribution in [2.45, 2.75) is 45.6 Å². The van der Waals surface area contributed by atoms with Crippen molar-refractivity contribution in [2.75, 3.05) is 20.2 Å². The van der Waals surface area contributed by atoms with Crippen molar-refractivity contribution in [3.05, 3.63) is 35.4 Å². The molecule has 2 rings (SSSR count). The summed E-state index contributed by atoms with van der Waals surface area (Å²) in [5, 5.41) is 8.82. The average molecular weight is 361 g/mol. The van der Waals surface area contributed by atoms with E-state index >= 15 is 0 Å². The van der Waals surface area contributed by atoms with Gasteiger partial charge in [-0.2, -0.15) is 0 Å². The molecule has 26 heavy (non-hydrogen) atoms. The molecule has 1 aromatic carbocycles. The van der Waals surface area contributed by atoms with Gasteiger partial charge in [0.25, 0.3) is 0 Å². The van der Waals surface area contributed by atoms with Crippen LogP contribution in [0.3, 0.4) is 0 Å². The van der Waals surface area contributed by atoms with E-state index in [0.29, 0.717) is 25.9 Å². The zero-order chi connectivity index (χ0) is 19.3. The third-order valence-corrected chi connectivity index (χ3v) is 4.10. The van der Waals surface area contributed by atoms with E-state index in [1.54, 1.807) is 12.0 Å². The Balaban J connectivity index is 2.09. The molecule has 0 aliphatic carbocycles. The number of carbonyl (C=O) groups is 2. The van der Waals surface area contributed by atoms with Crippen LogP contribution in [-0.4, -0.2) is 47.9 Å². The third-order valence-electron chi connectivity index (χ3n) is 4.10. The molecule has 1 amide bonds. The lowest BCUT2D eigenvalue weighted by Crippen LogP contribution is -2.39. The number of hydrogen-bond donors (Lipinski definition) is 1. The maximum absolute atomic E-state index is 12.2. The predicted octanol–water partition coefficient (Wildman–Crippen LogP) is 3.74. The van der Waals surface area contributed by atoms with Crippen molar-refractivity contribution in [1.29, 1.82) is 0 Å². The predicted molar refractivity (Wildman–Crippen MR) is 99.4 cm³/mol. The summed E-state index contributed by atoms with van der Waals surface area (Å²) in [6.07, 6.45) is 2.99. The summed E-state index contributed by atoms with van der Waals surface area (Å²) in [6, 6.07) is 5.78. The van der Waals surface area contributed by atoms with E-state index in [4.69, 9.17) is 14.6 Å². The van der Waals surface area contributed by atoms with Gasteiger partial charge in [0.15, 0.2) is 0 Å². The van der Waals surface area contributed by atoms with Gasteiger partial charge in [-0.3, -0.25) is 4.79 Å². The maximum atomic E-state index is 12.2. The van der Waals surface area contributed by atoms with Crippen LogP contribution in [0.5, 0.6) is 5.75 Å². The van der Waals surface area contributed by atoms with Crippen LogP contribution in [0.15, 0.2) is 24.3 Å². The largest absolute Gasteiger partial charge is 0.496 e. The lowest BCUT2D eigenvalue weighted by atomic mass is 9.96. The zero-order valence-electron chi connectivity index (χ0n) is 15.9. The number of methoxy groups -OCH3 is 1. The van der Waals surface area contributed by atoms with Gasteiger partial charge in [-0.1, -0.05) is 18.2 Å². The molecule has 0 radical (unpaired) electrons. The van der Waals surface area contributed by atoms with E-state index in [0.717, 1.165) is 22.4 Å². The van der Waals surface area contributed by atoms with Crippen LogP contribution < -0.4 is 4.74 Å². The first-order valence-electron chi connectivity index (χ1n) is 8.75. The van der Waals surface area contributed by atoms with Crippen molar-refractivity contribution < 1.29 is 24.2 Å². The van der Waals surface area contributed by atoms with Gasteiger partial charge in [0.05, 0.1) is 7.11 Å². The number of carbonyl (C=O) groups excluding carboxylic acids is 1. The Bertz CT molecular complexity index is 703. The van der Waals surface area contributed by atoms with Crippen LogP contribution in [0, 0.1) is 0 Å². The lowest BCUT2D eigenvalue weighted by Gasteiger charge is -2.30. The summed E-state index contributed by atoms with van der Waals surface area (Å²) in [6.45, 7) is 6.64. The molecule has 0 spiro atoms. The molecule has 1 aliphatic heterocycles. The first-order chi connectivity index (χ1) is 12.2. The number of carboxylic acids is 1. The second-order valence-electron chi connectivity index (χ2n) is 7.33. The molecular formula is C20H27NO5. The third kappa shape index (κ3) is 5.51. The highest BCUT2D eigenvalue weighted by Gasteiger charge is 2.24. The monoisotopic (exact) mass is 361 g/mol. The smallest absolute Gasteiger partial charge is 0.410 e. The van der Waals surface area contributed by atoms with Crippen molar-refractivity contribution in [3.8, 4) is 5.75 Å². The van der Waals surface area contributed by atoms with Gasteiger partial charge in [-0.25, -0.2) is 4.79 Å². The van der Waals surface area contributed by atoms with Crippen molar-refractivity contribution in [2.24, 2.45) is 0 Å². The van der Waals surface area contributed by atoms with Crippen LogP contribution in [-0.2, 0) is 16.0 Å². The fourth-order valence-corrected chi connectivity index (χ4v) is 2.81. The number of benzene rings is 1. The minimum Gasteiger partial charge on any atom is -0.496 e. The molecule has 0 saturated heterocycles. The average Bonchev–Trinajstić information content (AvgIpc) is 2.58. The standard InChI is InChI=1S/C20H27NO5/c1-20(2,3)26-19(24)21-11-9-15(10-12-21)16-7-5-14(6-8-18(22)23)13-17(16)25-4/h5,7,9,13H,6,8,10-12H2,1-4H3,(H,22,23). The number of hydrogen-bond acceptors (Lipinski definition) is 4. The minimum absolute atomic E-state index is 0.0933. The van der Waals surface area contributed by atoms with Crippen LogP contribution >= 0.6 is 0 Å². The number of aryl methyl sites for hydroxylation is 1. The number of carboxylic acid groups (broad SMARTS) is 1. The van der Waals surface area contributed by atoms with Crippen molar-refractivity contribution >= 4 is 17.6 Å². The summed E-state index contributed by atoms with van der Waals surface area (Å²) in [7, 11) is 1.61. The molecule has 0 saturated carbocycles. The second kappa shape index (κ2) is 8.25. The number of ether oxygens (including phenoxy) is 2. The Hall–Kier alpha value is -2.50. The Kier molecular flexibility index (Phi) is 6.29. The van der Waals surface area contributed by atoms with Gasteiger partial charge in [0.1, 0.15) is 11.4 Å². The highest BCUT2D eigenvalue weighted by molar-refractivity contribution is 5.75. The van der Waals surface area contributed by atoms with Gasteiger partial charge in [-0.05, 0) is 50.8 Å². The van der Waals surface area contributed by atoms with Crippen molar-refractivity contribution in [1.82, 2.24) is 4.90 Å². The Morgan fingerprint density at radius 2 is 2.00 bits per heavy atom. The summed E-state index contributed by atoms with van der Waals surface area (Å²) in [5.41, 5.74) is 2.53. The second-order valence-corrected chi connectivity index (χ2v) is 7.33. The highest BCUT2D eigenvalue weighted by Crippen LogP contribution is 2.31. The van der Waals surface area contributed by atoms with E-state index in [1.165, 1.54) is 0 Å². The summed E-state index contributed by atoms with van der Waals surface area (Å²) in [4.78, 5) is 24.6. The van der Waals surface area contributed by atoms with Crippen LogP contribution in [0.4, 0.5) is 4.79 Å². The molecule has 1 aromatic rings. The number of rotatable bonds is 5. The molecule has 0 fully saturated rings. The minimum atomic E-state index is -0.815. The van der Waals surface area contributed by atoms with Gasteiger partial charge in [0, 0.05) is 25.1 Å². The number of nitrogens with zero attached hydrogens (tertiary/aromatic N) is 1.